The summed E-state index contributed by atoms with van der Waals surface area (Å²) in [7, 11) is 5.27. The number of piperidine rings is 1. The van der Waals surface area contributed by atoms with E-state index in [4.69, 9.17) is 14.5 Å². The number of amides is 1. The van der Waals surface area contributed by atoms with E-state index in [1.807, 2.05) is 0 Å². The third-order valence-electron chi connectivity index (χ3n) is 8.15. The maximum Gasteiger partial charge on any atom is 0.293 e. The maximum absolute atomic E-state index is 13.8. The summed E-state index contributed by atoms with van der Waals surface area (Å²) < 4.78 is 27.0. The van der Waals surface area contributed by atoms with Gasteiger partial charge in [0, 0.05) is 18.7 Å². The fraction of sp³-hybridized carbons (Fsp3) is 0.375. The first-order valence-electron chi connectivity index (χ1n) is 14.5. The summed E-state index contributed by atoms with van der Waals surface area (Å²) in [5.74, 6) is 0.772. The number of pyridine rings is 1. The fourth-order valence-electron chi connectivity index (χ4n) is 5.32. The molecule has 2 N–H and O–H groups in total. The summed E-state index contributed by atoms with van der Waals surface area (Å²) in [5, 5.41) is 6.33. The predicted octanol–water partition coefficient (Wildman–Crippen LogP) is 4.50. The number of carbonyl (C=O) groups is 1. The van der Waals surface area contributed by atoms with E-state index in [-0.39, 0.29) is 35.0 Å². The molecule has 1 aliphatic heterocycles. The Balaban J connectivity index is 1.33. The minimum Gasteiger partial charge on any atom is -0.495 e. The number of hydrogen-bond donors (Lipinski definition) is 2. The van der Waals surface area contributed by atoms with Crippen molar-refractivity contribution in [1.82, 2.24) is 24.8 Å². The molecule has 10 nitrogen and oxygen atoms in total. The Morgan fingerprint density at radius 2 is 1.81 bits per heavy atom. The summed E-state index contributed by atoms with van der Waals surface area (Å²) >= 11 is 0. The zero-order valence-corrected chi connectivity index (χ0v) is 24.5. The lowest BCUT2D eigenvalue weighted by Crippen LogP contribution is -2.43. The average Bonchev–Trinajstić information content (AvgIpc) is 3.85. The number of rotatable bonds is 9. The standard InChI is InChI=1S/C32H35FN6O4/c1-38-14-12-23(13-15-38)35-30(40)21-8-11-24(26(16-21)42-3)36-32-34-17-25-28(37-32)27(20-6-9-22(33)10-7-20)29(31(41)39(25)2)43-18-19-4-5-19/h6-11,16-17,19,23H,4-5,12-15,18H2,1-3H3,(H,35,40)(H,34,36,37). The number of likely N-dealkylation sites (tertiary alicyclic amines) is 1. The van der Waals surface area contributed by atoms with Crippen LogP contribution in [-0.4, -0.2) is 65.2 Å². The smallest absolute Gasteiger partial charge is 0.293 e. The van der Waals surface area contributed by atoms with E-state index in [0.717, 1.165) is 38.8 Å². The first kappa shape index (κ1) is 28.6. The Morgan fingerprint density at radius 3 is 2.51 bits per heavy atom. The number of nitrogens with one attached hydrogen (secondary N) is 2. The molecule has 11 heteroatoms. The van der Waals surface area contributed by atoms with Crippen molar-refractivity contribution < 1.29 is 18.7 Å². The second kappa shape index (κ2) is 12.0. The third-order valence-corrected chi connectivity index (χ3v) is 8.15. The van der Waals surface area contributed by atoms with Crippen LogP contribution in [0.25, 0.3) is 22.2 Å². The Bertz CT molecular complexity index is 1710. The van der Waals surface area contributed by atoms with Crippen LogP contribution in [0, 0.1) is 11.7 Å². The van der Waals surface area contributed by atoms with Gasteiger partial charge >= 0.3 is 0 Å². The van der Waals surface area contributed by atoms with Crippen molar-refractivity contribution in [2.75, 3.05) is 39.2 Å². The average molecular weight is 587 g/mol. The molecular weight excluding hydrogens is 551 g/mol. The van der Waals surface area contributed by atoms with Crippen LogP contribution in [0.5, 0.6) is 11.5 Å². The Hall–Kier alpha value is -4.51. The SMILES string of the molecule is COc1cc(C(=O)NC2CCN(C)CC2)ccc1Nc1ncc2c(n1)c(-c1ccc(F)cc1)c(OCC1CC1)c(=O)n2C. The molecule has 0 unspecified atom stereocenters. The van der Waals surface area contributed by atoms with Crippen molar-refractivity contribution in [2.45, 2.75) is 31.7 Å². The second-order valence-electron chi connectivity index (χ2n) is 11.3. The molecule has 1 saturated heterocycles. The van der Waals surface area contributed by atoms with Crippen molar-refractivity contribution in [2.24, 2.45) is 13.0 Å². The lowest BCUT2D eigenvalue weighted by Gasteiger charge is -2.29. The summed E-state index contributed by atoms with van der Waals surface area (Å²) in [6, 6.07) is 11.2. The molecule has 2 fully saturated rings. The Kier molecular flexibility index (Phi) is 7.98. The highest BCUT2D eigenvalue weighted by atomic mass is 19.1. The van der Waals surface area contributed by atoms with Crippen LogP contribution in [0.2, 0.25) is 0 Å². The Morgan fingerprint density at radius 1 is 1.07 bits per heavy atom. The second-order valence-corrected chi connectivity index (χ2v) is 11.3. The molecule has 0 radical (unpaired) electrons. The van der Waals surface area contributed by atoms with E-state index in [0.29, 0.717) is 51.7 Å². The number of hydrogen-bond acceptors (Lipinski definition) is 8. The van der Waals surface area contributed by atoms with Crippen molar-refractivity contribution in [3.05, 3.63) is 70.4 Å². The highest BCUT2D eigenvalue weighted by molar-refractivity contribution is 5.96. The Labute approximate surface area is 248 Å². The first-order chi connectivity index (χ1) is 20.8. The summed E-state index contributed by atoms with van der Waals surface area (Å²) in [6.07, 6.45) is 5.53. The van der Waals surface area contributed by atoms with E-state index < -0.39 is 0 Å². The van der Waals surface area contributed by atoms with Gasteiger partial charge < -0.3 is 29.6 Å². The van der Waals surface area contributed by atoms with Gasteiger partial charge in [-0.15, -0.1) is 0 Å². The van der Waals surface area contributed by atoms with Crippen molar-refractivity contribution in [3.8, 4) is 22.6 Å². The number of carbonyl (C=O) groups excluding carboxylic acids is 1. The fourth-order valence-corrected chi connectivity index (χ4v) is 5.32. The van der Waals surface area contributed by atoms with E-state index in [2.05, 4.69) is 27.6 Å². The van der Waals surface area contributed by atoms with Gasteiger partial charge in [-0.2, -0.15) is 0 Å². The first-order valence-corrected chi connectivity index (χ1v) is 14.5. The third kappa shape index (κ3) is 6.17. The van der Waals surface area contributed by atoms with Crippen LogP contribution >= 0.6 is 0 Å². The number of benzene rings is 2. The van der Waals surface area contributed by atoms with Crippen LogP contribution in [0.3, 0.4) is 0 Å². The lowest BCUT2D eigenvalue weighted by atomic mass is 10.0. The van der Waals surface area contributed by atoms with Crippen molar-refractivity contribution in [1.29, 1.82) is 0 Å². The van der Waals surface area contributed by atoms with Crippen LogP contribution in [0.15, 0.2) is 53.5 Å². The molecule has 2 aromatic carbocycles. The molecule has 2 aliphatic rings. The van der Waals surface area contributed by atoms with Crippen molar-refractivity contribution >= 4 is 28.6 Å². The topological polar surface area (TPSA) is 111 Å². The summed E-state index contributed by atoms with van der Waals surface area (Å²) in [5.41, 5.74) is 2.82. The van der Waals surface area contributed by atoms with E-state index in [1.54, 1.807) is 43.6 Å². The normalized spacial score (nSPS) is 15.8. The highest BCUT2D eigenvalue weighted by Gasteiger charge is 2.26. The van der Waals surface area contributed by atoms with Gasteiger partial charge in [0.25, 0.3) is 11.5 Å². The predicted molar refractivity (Wildman–Crippen MR) is 163 cm³/mol. The van der Waals surface area contributed by atoms with Gasteiger partial charge in [0.15, 0.2) is 5.75 Å². The number of nitrogens with zero attached hydrogens (tertiary/aromatic N) is 4. The number of aryl methyl sites for hydroxylation is 1. The number of halogens is 1. The van der Waals surface area contributed by atoms with Crippen LogP contribution in [0.1, 0.15) is 36.0 Å². The van der Waals surface area contributed by atoms with Gasteiger partial charge in [-0.1, -0.05) is 12.1 Å². The quantitative estimate of drug-likeness (QED) is 0.295. The maximum atomic E-state index is 13.8. The minimum atomic E-state index is -0.384. The van der Waals surface area contributed by atoms with Gasteiger partial charge in [-0.25, -0.2) is 14.4 Å². The number of fused-ring (bicyclic) bond motifs is 1. The van der Waals surface area contributed by atoms with E-state index in [1.165, 1.54) is 23.8 Å². The molecule has 0 bridgehead atoms. The van der Waals surface area contributed by atoms with Crippen LogP contribution in [0.4, 0.5) is 16.0 Å². The molecule has 4 aromatic rings. The summed E-state index contributed by atoms with van der Waals surface area (Å²) in [6.45, 7) is 2.34. The largest absolute Gasteiger partial charge is 0.495 e. The van der Waals surface area contributed by atoms with Crippen LogP contribution < -0.4 is 25.7 Å². The van der Waals surface area contributed by atoms with Crippen molar-refractivity contribution in [3.63, 3.8) is 0 Å². The zero-order valence-electron chi connectivity index (χ0n) is 24.5. The van der Waals surface area contributed by atoms with E-state index in [9.17, 15) is 14.0 Å². The van der Waals surface area contributed by atoms with Gasteiger partial charge in [0.1, 0.15) is 17.1 Å². The van der Waals surface area contributed by atoms with Crippen LogP contribution in [-0.2, 0) is 7.05 Å². The van der Waals surface area contributed by atoms with Gasteiger partial charge in [-0.05, 0) is 87.6 Å². The molecule has 1 aliphatic carbocycles. The molecule has 6 rings (SSSR count). The van der Waals surface area contributed by atoms with E-state index >= 15 is 0 Å². The van der Waals surface area contributed by atoms with Gasteiger partial charge in [0.05, 0.1) is 36.7 Å². The zero-order chi connectivity index (χ0) is 30.1. The molecular formula is C32H35FN6O4. The number of ether oxygens (including phenoxy) is 2. The molecule has 0 spiro atoms. The molecule has 1 saturated carbocycles. The monoisotopic (exact) mass is 586 g/mol. The number of anilines is 2. The molecule has 1 amide bonds. The lowest BCUT2D eigenvalue weighted by molar-refractivity contribution is 0.0916. The molecule has 0 atom stereocenters. The highest BCUT2D eigenvalue weighted by Crippen LogP contribution is 2.37. The summed E-state index contributed by atoms with van der Waals surface area (Å²) in [4.78, 5) is 37.9. The molecule has 43 heavy (non-hydrogen) atoms. The number of aromatic nitrogens is 3. The van der Waals surface area contributed by atoms with Gasteiger partial charge in [-0.3, -0.25) is 9.59 Å². The minimum absolute atomic E-state index is 0.142. The molecule has 224 valence electrons. The van der Waals surface area contributed by atoms with Gasteiger partial charge in [0.2, 0.25) is 5.95 Å². The number of methoxy groups -OCH3 is 1. The molecule has 2 aromatic heterocycles. The molecule has 3 heterocycles.